The van der Waals surface area contributed by atoms with E-state index >= 15 is 0 Å². The quantitative estimate of drug-likeness (QED) is 0.714. The highest BCUT2D eigenvalue weighted by atomic mass is 79.9. The van der Waals surface area contributed by atoms with Crippen molar-refractivity contribution in [2.75, 3.05) is 0 Å². The molecule has 4 nitrogen and oxygen atoms in total. The second kappa shape index (κ2) is 2.42. The largest absolute Gasteiger partial charge is 0.364 e. The van der Waals surface area contributed by atoms with Crippen LogP contribution in [0.15, 0.2) is 10.9 Å². The minimum atomic E-state index is -0.480. The van der Waals surface area contributed by atoms with Gasteiger partial charge in [0.2, 0.25) is 0 Å². The first-order chi connectivity index (χ1) is 4.63. The summed E-state index contributed by atoms with van der Waals surface area (Å²) in [7, 11) is 1.71. The van der Waals surface area contributed by atoms with Gasteiger partial charge in [-0.1, -0.05) is 0 Å². The van der Waals surface area contributed by atoms with E-state index in [1.165, 1.54) is 6.33 Å². The molecule has 1 rings (SSSR count). The van der Waals surface area contributed by atoms with Crippen molar-refractivity contribution in [2.45, 2.75) is 0 Å². The Kier molecular flexibility index (Phi) is 1.76. The van der Waals surface area contributed by atoms with Crippen LogP contribution in [0.25, 0.3) is 0 Å². The molecule has 0 spiro atoms. The van der Waals surface area contributed by atoms with E-state index < -0.39 is 5.91 Å². The molecule has 10 heavy (non-hydrogen) atoms. The zero-order valence-corrected chi connectivity index (χ0v) is 6.92. The van der Waals surface area contributed by atoms with E-state index in [1.54, 1.807) is 11.6 Å². The van der Waals surface area contributed by atoms with Crippen molar-refractivity contribution >= 4 is 21.8 Å². The Balaban J connectivity index is 3.23. The lowest BCUT2D eigenvalue weighted by Crippen LogP contribution is -2.15. The second-order valence-corrected chi connectivity index (χ2v) is 2.61. The first kappa shape index (κ1) is 7.27. The number of hydrogen-bond acceptors (Lipinski definition) is 2. The average Bonchev–Trinajstić information content (AvgIpc) is 2.11. The summed E-state index contributed by atoms with van der Waals surface area (Å²) < 4.78 is 2.05. The van der Waals surface area contributed by atoms with E-state index in [4.69, 9.17) is 5.73 Å². The highest BCUT2D eigenvalue weighted by Gasteiger charge is 2.10. The Morgan fingerprint density at radius 1 is 1.90 bits per heavy atom. The van der Waals surface area contributed by atoms with Crippen LogP contribution in [0.5, 0.6) is 0 Å². The van der Waals surface area contributed by atoms with Gasteiger partial charge in [0.05, 0.1) is 6.33 Å². The van der Waals surface area contributed by atoms with Crippen LogP contribution in [-0.4, -0.2) is 15.5 Å². The van der Waals surface area contributed by atoms with Crippen LogP contribution in [-0.2, 0) is 7.05 Å². The number of carbonyl (C=O) groups is 1. The summed E-state index contributed by atoms with van der Waals surface area (Å²) in [6, 6.07) is 0. The molecular weight excluding hydrogens is 198 g/mol. The van der Waals surface area contributed by atoms with E-state index in [1.807, 2.05) is 0 Å². The van der Waals surface area contributed by atoms with Crippen molar-refractivity contribution in [1.82, 2.24) is 9.55 Å². The first-order valence-corrected chi connectivity index (χ1v) is 3.39. The number of halogens is 1. The number of aromatic nitrogens is 2. The van der Waals surface area contributed by atoms with Crippen molar-refractivity contribution in [1.29, 1.82) is 0 Å². The highest BCUT2D eigenvalue weighted by molar-refractivity contribution is 9.10. The molecule has 1 aromatic heterocycles. The molecule has 0 bridgehead atoms. The van der Waals surface area contributed by atoms with Crippen LogP contribution in [0, 0.1) is 0 Å². The van der Waals surface area contributed by atoms with E-state index in [2.05, 4.69) is 20.9 Å². The Bertz CT molecular complexity index is 248. The van der Waals surface area contributed by atoms with Crippen LogP contribution >= 0.6 is 15.9 Å². The summed E-state index contributed by atoms with van der Waals surface area (Å²) in [6.07, 6.45) is 1.52. The van der Waals surface area contributed by atoms with Gasteiger partial charge in [0, 0.05) is 7.05 Å². The molecule has 5 heteroatoms. The monoisotopic (exact) mass is 203 g/mol. The summed E-state index contributed by atoms with van der Waals surface area (Å²) in [4.78, 5) is 14.5. The van der Waals surface area contributed by atoms with Crippen LogP contribution in [0.2, 0.25) is 0 Å². The minimum Gasteiger partial charge on any atom is -0.364 e. The minimum absolute atomic E-state index is 0.389. The van der Waals surface area contributed by atoms with Crippen molar-refractivity contribution in [3.05, 3.63) is 16.6 Å². The number of imidazole rings is 1. The molecule has 0 fully saturated rings. The summed E-state index contributed by atoms with van der Waals surface area (Å²) in [5.41, 5.74) is 5.42. The SMILES string of the molecule is Cn1cnc(Br)c1C(N)=O. The number of amides is 1. The first-order valence-electron chi connectivity index (χ1n) is 2.59. The molecule has 2 N–H and O–H groups in total. The van der Waals surface area contributed by atoms with Gasteiger partial charge in [0.15, 0.2) is 0 Å². The molecular formula is C5H6BrN3O. The molecule has 0 aliphatic carbocycles. The summed E-state index contributed by atoms with van der Waals surface area (Å²) >= 11 is 3.08. The number of aryl methyl sites for hydroxylation is 1. The maximum Gasteiger partial charge on any atom is 0.268 e. The molecule has 1 heterocycles. The van der Waals surface area contributed by atoms with Crippen LogP contribution in [0.1, 0.15) is 10.5 Å². The lowest BCUT2D eigenvalue weighted by molar-refractivity contribution is 0.0992. The molecule has 0 aliphatic rings. The average molecular weight is 204 g/mol. The molecule has 0 saturated carbocycles. The van der Waals surface area contributed by atoms with Crippen molar-refractivity contribution in [2.24, 2.45) is 12.8 Å². The molecule has 54 valence electrons. The number of primary amides is 1. The summed E-state index contributed by atoms with van der Waals surface area (Å²) in [6.45, 7) is 0. The van der Waals surface area contributed by atoms with Crippen molar-refractivity contribution in [3.8, 4) is 0 Å². The number of hydrogen-bond donors (Lipinski definition) is 1. The zero-order chi connectivity index (χ0) is 7.72. The van der Waals surface area contributed by atoms with Gasteiger partial charge in [-0.15, -0.1) is 0 Å². The summed E-state index contributed by atoms with van der Waals surface area (Å²) in [5.74, 6) is -0.480. The maximum atomic E-state index is 10.6. The molecule has 1 aromatic rings. The molecule has 0 unspecified atom stereocenters. The van der Waals surface area contributed by atoms with Crippen LogP contribution in [0.4, 0.5) is 0 Å². The fourth-order valence-electron chi connectivity index (χ4n) is 0.677. The Morgan fingerprint density at radius 2 is 2.50 bits per heavy atom. The molecule has 0 aliphatic heterocycles. The van der Waals surface area contributed by atoms with Gasteiger partial charge in [-0.3, -0.25) is 4.79 Å². The standard InChI is InChI=1S/C5H6BrN3O/c1-9-2-8-4(6)3(9)5(7)10/h2H,1H3,(H2,7,10). The third-order valence-electron chi connectivity index (χ3n) is 1.13. The lowest BCUT2D eigenvalue weighted by Gasteiger charge is -1.94. The fraction of sp³-hybridized carbons (Fsp3) is 0.200. The van der Waals surface area contributed by atoms with E-state index in [0.29, 0.717) is 10.3 Å². The zero-order valence-electron chi connectivity index (χ0n) is 5.34. The lowest BCUT2D eigenvalue weighted by atomic mass is 10.4. The van der Waals surface area contributed by atoms with E-state index in [-0.39, 0.29) is 0 Å². The van der Waals surface area contributed by atoms with Gasteiger partial charge in [-0.25, -0.2) is 4.98 Å². The Morgan fingerprint density at radius 3 is 2.70 bits per heavy atom. The molecule has 0 atom stereocenters. The fourth-order valence-corrected chi connectivity index (χ4v) is 1.24. The topological polar surface area (TPSA) is 60.9 Å². The third-order valence-corrected chi connectivity index (χ3v) is 1.71. The van der Waals surface area contributed by atoms with E-state index in [9.17, 15) is 4.79 Å². The van der Waals surface area contributed by atoms with E-state index in [0.717, 1.165) is 0 Å². The molecule has 0 radical (unpaired) electrons. The van der Waals surface area contributed by atoms with Gasteiger partial charge < -0.3 is 10.3 Å². The predicted molar refractivity (Wildman–Crippen MR) is 39.4 cm³/mol. The molecule has 0 saturated heterocycles. The second-order valence-electron chi connectivity index (χ2n) is 1.86. The molecule has 1 amide bonds. The van der Waals surface area contributed by atoms with Crippen LogP contribution in [0.3, 0.4) is 0 Å². The predicted octanol–water partition coefficient (Wildman–Crippen LogP) is 0.281. The van der Waals surface area contributed by atoms with Gasteiger partial charge in [-0.05, 0) is 15.9 Å². The highest BCUT2D eigenvalue weighted by Crippen LogP contribution is 2.11. The van der Waals surface area contributed by atoms with Gasteiger partial charge in [0.1, 0.15) is 10.3 Å². The van der Waals surface area contributed by atoms with Gasteiger partial charge >= 0.3 is 0 Å². The Hall–Kier alpha value is -0.840. The molecule has 0 aromatic carbocycles. The number of rotatable bonds is 1. The number of carbonyl (C=O) groups excluding carboxylic acids is 1. The number of nitrogens with zero attached hydrogens (tertiary/aromatic N) is 2. The normalized spacial score (nSPS) is 9.80. The van der Waals surface area contributed by atoms with Gasteiger partial charge in [0.25, 0.3) is 5.91 Å². The van der Waals surface area contributed by atoms with Crippen LogP contribution < -0.4 is 5.73 Å². The number of nitrogens with two attached hydrogens (primary N) is 1. The summed E-state index contributed by atoms with van der Waals surface area (Å²) in [5, 5.41) is 0. The maximum absolute atomic E-state index is 10.6. The van der Waals surface area contributed by atoms with Crippen molar-refractivity contribution < 1.29 is 4.79 Å². The smallest absolute Gasteiger partial charge is 0.268 e. The van der Waals surface area contributed by atoms with Crippen molar-refractivity contribution in [3.63, 3.8) is 0 Å². The van der Waals surface area contributed by atoms with Gasteiger partial charge in [-0.2, -0.15) is 0 Å². The Labute approximate surface area is 66.2 Å². The third kappa shape index (κ3) is 1.04.